The van der Waals surface area contributed by atoms with Gasteiger partial charge in [-0.25, -0.2) is 4.98 Å². The highest BCUT2D eigenvalue weighted by molar-refractivity contribution is 5.93. The number of fused-ring (bicyclic) bond motifs is 3. The van der Waals surface area contributed by atoms with Crippen LogP contribution in [0.2, 0.25) is 0 Å². The second kappa shape index (κ2) is 13.0. The zero-order valence-corrected chi connectivity index (χ0v) is 23.6. The molecule has 0 radical (unpaired) electrons. The minimum atomic E-state index is -0.809. The molecule has 3 amide bonds. The molecule has 3 aromatic rings. The Kier molecular flexibility index (Phi) is 8.97. The van der Waals surface area contributed by atoms with Crippen molar-refractivity contribution in [3.8, 4) is 17.0 Å². The zero-order valence-electron chi connectivity index (χ0n) is 23.6. The number of allylic oxidation sites excluding steroid dienone is 1. The predicted octanol–water partition coefficient (Wildman–Crippen LogP) is 5.00. The Morgan fingerprint density at radius 2 is 1.95 bits per heavy atom. The maximum atomic E-state index is 13.8. The van der Waals surface area contributed by atoms with Crippen LogP contribution in [0.25, 0.3) is 28.2 Å². The number of amides is 3. The normalized spacial score (nSPS) is 22.6. The Morgan fingerprint density at radius 1 is 1.12 bits per heavy atom. The van der Waals surface area contributed by atoms with Crippen LogP contribution in [0.5, 0.6) is 5.75 Å². The van der Waals surface area contributed by atoms with Gasteiger partial charge in [0.1, 0.15) is 23.9 Å². The van der Waals surface area contributed by atoms with Gasteiger partial charge in [0.25, 0.3) is 0 Å². The first-order chi connectivity index (χ1) is 19.9. The van der Waals surface area contributed by atoms with Crippen LogP contribution in [0.4, 0.5) is 0 Å². The third-order valence-electron chi connectivity index (χ3n) is 7.85. The molecule has 214 valence electrons. The molecule has 8 nitrogen and oxygen atoms in total. The smallest absolute Gasteiger partial charge is 0.245 e. The molecule has 3 N–H and O–H groups in total. The first-order valence-electron chi connectivity index (χ1n) is 14.7. The Balaban J connectivity index is 1.54. The lowest BCUT2D eigenvalue weighted by Gasteiger charge is -2.27. The fraction of sp³-hybridized carbons (Fsp3) is 0.394. The van der Waals surface area contributed by atoms with Gasteiger partial charge in [0.05, 0.1) is 17.8 Å². The molecule has 0 saturated carbocycles. The van der Waals surface area contributed by atoms with Crippen LogP contribution < -0.4 is 15.8 Å². The summed E-state index contributed by atoms with van der Waals surface area (Å²) in [5, 5.41) is 3.81. The van der Waals surface area contributed by atoms with Crippen molar-refractivity contribution in [1.29, 1.82) is 0 Å². The van der Waals surface area contributed by atoms with Gasteiger partial charge < -0.3 is 20.7 Å². The summed E-state index contributed by atoms with van der Waals surface area (Å²) in [6.07, 6.45) is 8.98. The average molecular weight is 555 g/mol. The number of benzene rings is 2. The van der Waals surface area contributed by atoms with E-state index in [1.54, 1.807) is 0 Å². The molecular formula is C33H38N4O4. The molecule has 41 heavy (non-hydrogen) atoms. The van der Waals surface area contributed by atoms with Crippen LogP contribution in [0.3, 0.4) is 0 Å². The molecule has 0 spiro atoms. The number of ether oxygens (including phenoxy) is 1. The van der Waals surface area contributed by atoms with Gasteiger partial charge in [-0.1, -0.05) is 68.3 Å². The van der Waals surface area contributed by atoms with Gasteiger partial charge in [-0.15, -0.1) is 0 Å². The number of carbonyl (C=O) groups is 3. The predicted molar refractivity (Wildman–Crippen MR) is 160 cm³/mol. The van der Waals surface area contributed by atoms with E-state index in [9.17, 15) is 14.4 Å². The Morgan fingerprint density at radius 3 is 2.73 bits per heavy atom. The van der Waals surface area contributed by atoms with Crippen molar-refractivity contribution in [1.82, 2.24) is 15.2 Å². The van der Waals surface area contributed by atoms with Gasteiger partial charge in [0.2, 0.25) is 17.7 Å². The molecule has 2 aliphatic rings. The van der Waals surface area contributed by atoms with Crippen LogP contribution in [-0.4, -0.2) is 52.3 Å². The monoisotopic (exact) mass is 554 g/mol. The fourth-order valence-corrected chi connectivity index (χ4v) is 5.65. The lowest BCUT2D eigenvalue weighted by atomic mass is 10.1. The number of nitrogens with two attached hydrogens (primary N) is 1. The summed E-state index contributed by atoms with van der Waals surface area (Å²) in [5.41, 5.74) is 9.35. The van der Waals surface area contributed by atoms with Crippen LogP contribution in [0.1, 0.15) is 63.9 Å². The molecular weight excluding hydrogens is 516 g/mol. The van der Waals surface area contributed by atoms with Crippen LogP contribution >= 0.6 is 0 Å². The number of primary amides is 1. The number of aromatic nitrogens is 1. The van der Waals surface area contributed by atoms with E-state index in [-0.39, 0.29) is 24.8 Å². The maximum absolute atomic E-state index is 13.8. The topological polar surface area (TPSA) is 115 Å². The SMILES string of the molecule is CCCC[C@@H]1NC(=O)CCCC/C=C/c2ccc3nc(-c4ccccc4)cc(c3c2)O[C@@H]2CC(C(N)=O)N(C2)C1=O. The highest BCUT2D eigenvalue weighted by Gasteiger charge is 2.42. The summed E-state index contributed by atoms with van der Waals surface area (Å²) < 4.78 is 6.59. The van der Waals surface area contributed by atoms with E-state index in [4.69, 9.17) is 15.5 Å². The molecule has 2 aliphatic heterocycles. The fourth-order valence-electron chi connectivity index (χ4n) is 5.65. The molecule has 0 aliphatic carbocycles. The van der Waals surface area contributed by atoms with Crippen LogP contribution in [0.15, 0.2) is 60.7 Å². The van der Waals surface area contributed by atoms with E-state index in [1.165, 1.54) is 4.90 Å². The Labute approximate surface area is 241 Å². The van der Waals surface area contributed by atoms with Crippen LogP contribution in [-0.2, 0) is 14.4 Å². The molecule has 8 heteroatoms. The summed E-state index contributed by atoms with van der Waals surface area (Å²) in [4.78, 5) is 45.5. The number of hydrogen-bond acceptors (Lipinski definition) is 5. The summed E-state index contributed by atoms with van der Waals surface area (Å²) in [5.74, 6) is -0.360. The lowest BCUT2D eigenvalue weighted by molar-refractivity contribution is -0.140. The van der Waals surface area contributed by atoms with Gasteiger partial charge in [-0.2, -0.15) is 0 Å². The third kappa shape index (κ3) is 6.76. The zero-order chi connectivity index (χ0) is 28.8. The molecule has 2 aromatic carbocycles. The Hall–Kier alpha value is -4.20. The van der Waals surface area contributed by atoms with Gasteiger partial charge in [0.15, 0.2) is 0 Å². The minimum absolute atomic E-state index is 0.146. The minimum Gasteiger partial charge on any atom is -0.488 e. The quantitative estimate of drug-likeness (QED) is 0.461. The molecule has 1 unspecified atom stereocenters. The van der Waals surface area contributed by atoms with E-state index in [0.717, 1.165) is 59.8 Å². The number of nitrogens with one attached hydrogen (secondary N) is 1. The lowest BCUT2D eigenvalue weighted by Crippen LogP contribution is -2.53. The van der Waals surface area contributed by atoms with Crippen molar-refractivity contribution in [2.75, 3.05) is 6.54 Å². The number of nitrogens with zero attached hydrogens (tertiary/aromatic N) is 2. The second-order valence-corrected chi connectivity index (χ2v) is 10.9. The van der Waals surface area contributed by atoms with Crippen molar-refractivity contribution < 1.29 is 19.1 Å². The van der Waals surface area contributed by atoms with Crippen molar-refractivity contribution in [3.05, 3.63) is 66.2 Å². The Bertz CT molecular complexity index is 1440. The summed E-state index contributed by atoms with van der Waals surface area (Å²) in [6, 6.07) is 16.4. The second-order valence-electron chi connectivity index (χ2n) is 10.9. The summed E-state index contributed by atoms with van der Waals surface area (Å²) in [6.45, 7) is 2.25. The molecule has 1 fully saturated rings. The largest absolute Gasteiger partial charge is 0.488 e. The highest BCUT2D eigenvalue weighted by atomic mass is 16.5. The van der Waals surface area contributed by atoms with E-state index in [1.807, 2.05) is 55.5 Å². The summed E-state index contributed by atoms with van der Waals surface area (Å²) >= 11 is 0. The van der Waals surface area contributed by atoms with Gasteiger partial charge in [-0.3, -0.25) is 14.4 Å². The standard InChI is InChI=1S/C33H38N4O4/c1-2-3-14-27-33(40)37-21-24(19-29(37)32(34)39)41-30-20-28(23-12-8-6-9-13-23)35-26-17-16-22(18-25(26)30)11-7-4-5-10-15-31(38)36-27/h6-9,11-13,16-18,20,24,27,29H,2-5,10,14-15,19,21H2,1H3,(H2,34,39)(H,36,38)/b11-7+/t24-,27+,29?/m1/s1. The summed E-state index contributed by atoms with van der Waals surface area (Å²) in [7, 11) is 0. The van der Waals surface area contributed by atoms with Gasteiger partial charge in [0, 0.05) is 29.9 Å². The number of unbranched alkanes of at least 4 members (excludes halogenated alkanes) is 1. The van der Waals surface area contributed by atoms with Gasteiger partial charge >= 0.3 is 0 Å². The molecule has 4 bridgehead atoms. The highest BCUT2D eigenvalue weighted by Crippen LogP contribution is 2.34. The molecule has 5 rings (SSSR count). The molecule has 3 atom stereocenters. The van der Waals surface area contributed by atoms with Crippen molar-refractivity contribution in [3.63, 3.8) is 0 Å². The van der Waals surface area contributed by atoms with E-state index < -0.39 is 24.1 Å². The average Bonchev–Trinajstić information content (AvgIpc) is 3.41. The van der Waals surface area contributed by atoms with E-state index >= 15 is 0 Å². The third-order valence-corrected chi connectivity index (χ3v) is 7.85. The number of rotatable bonds is 5. The van der Waals surface area contributed by atoms with Crippen molar-refractivity contribution >= 4 is 34.7 Å². The number of carbonyl (C=O) groups excluding carboxylic acids is 3. The number of pyridine rings is 1. The molecule has 1 aromatic heterocycles. The van der Waals surface area contributed by atoms with E-state index in [0.29, 0.717) is 18.6 Å². The molecule has 1 saturated heterocycles. The van der Waals surface area contributed by atoms with Crippen molar-refractivity contribution in [2.24, 2.45) is 5.73 Å². The van der Waals surface area contributed by atoms with Crippen LogP contribution in [0, 0.1) is 0 Å². The first kappa shape index (κ1) is 28.3. The first-order valence-corrected chi connectivity index (χ1v) is 14.7. The maximum Gasteiger partial charge on any atom is 0.245 e. The van der Waals surface area contributed by atoms with E-state index in [2.05, 4.69) is 23.5 Å². The number of hydrogen-bond donors (Lipinski definition) is 2. The molecule has 3 heterocycles. The van der Waals surface area contributed by atoms with Gasteiger partial charge in [-0.05, 0) is 43.4 Å². The van der Waals surface area contributed by atoms with Crippen molar-refractivity contribution in [2.45, 2.75) is 76.5 Å².